The summed E-state index contributed by atoms with van der Waals surface area (Å²) in [6, 6.07) is 0. The zero-order chi connectivity index (χ0) is 8.55. The monoisotopic (exact) mass is 181 g/mol. The van der Waals surface area contributed by atoms with Crippen LogP contribution in [0, 0.1) is 0 Å². The second-order valence-corrected chi connectivity index (χ2v) is 2.60. The molecular weight excluding hydrogens is 178 g/mol. The molecule has 5 heteroatoms. The lowest BCUT2D eigenvalue weighted by atomic mass is 10.4. The van der Waals surface area contributed by atoms with Crippen LogP contribution in [0.4, 0.5) is 0 Å². The first-order chi connectivity index (χ1) is 5.83. The Morgan fingerprint density at radius 2 is 2.42 bits per heavy atom. The molecule has 0 atom stereocenters. The van der Waals surface area contributed by atoms with E-state index in [1.807, 2.05) is 0 Å². The molecule has 0 bridgehead atoms. The molecule has 0 spiro atoms. The number of aldehydes is 1. The summed E-state index contributed by atoms with van der Waals surface area (Å²) in [5.41, 5.74) is 0.880. The average Bonchev–Trinajstić information content (AvgIpc) is 2.44. The third-order valence-electron chi connectivity index (χ3n) is 1.51. The maximum atomic E-state index is 10.4. The van der Waals surface area contributed by atoms with Crippen LogP contribution in [0.15, 0.2) is 18.6 Å². The Labute approximate surface area is 72.8 Å². The second kappa shape index (κ2) is 2.57. The van der Waals surface area contributed by atoms with E-state index in [0.717, 1.165) is 0 Å². The van der Waals surface area contributed by atoms with E-state index in [-0.39, 0.29) is 5.69 Å². The molecule has 2 aromatic heterocycles. The third-order valence-corrected chi connectivity index (χ3v) is 1.90. The van der Waals surface area contributed by atoms with Crippen molar-refractivity contribution >= 4 is 23.4 Å². The quantitative estimate of drug-likeness (QED) is 0.621. The molecule has 0 radical (unpaired) electrons. The molecule has 0 unspecified atom stereocenters. The van der Waals surface area contributed by atoms with E-state index in [9.17, 15) is 4.79 Å². The van der Waals surface area contributed by atoms with E-state index in [2.05, 4.69) is 10.1 Å². The van der Waals surface area contributed by atoms with E-state index >= 15 is 0 Å². The van der Waals surface area contributed by atoms with E-state index in [1.165, 1.54) is 4.52 Å². The first kappa shape index (κ1) is 7.24. The highest BCUT2D eigenvalue weighted by Gasteiger charge is 2.08. The minimum absolute atomic E-state index is 0.240. The molecule has 12 heavy (non-hydrogen) atoms. The van der Waals surface area contributed by atoms with Gasteiger partial charge in [0.2, 0.25) is 0 Å². The van der Waals surface area contributed by atoms with Gasteiger partial charge in [-0.1, -0.05) is 11.6 Å². The van der Waals surface area contributed by atoms with Crippen LogP contribution in [-0.4, -0.2) is 20.9 Å². The summed E-state index contributed by atoms with van der Waals surface area (Å²) in [5, 5.41) is 4.25. The van der Waals surface area contributed by atoms with Crippen molar-refractivity contribution in [2.75, 3.05) is 0 Å². The van der Waals surface area contributed by atoms with Gasteiger partial charge in [-0.15, -0.1) is 0 Å². The van der Waals surface area contributed by atoms with Crippen LogP contribution >= 0.6 is 11.6 Å². The summed E-state index contributed by atoms with van der Waals surface area (Å²) < 4.78 is 1.51. The number of carbonyl (C=O) groups excluding carboxylic acids is 1. The lowest BCUT2D eigenvalue weighted by Gasteiger charge is -1.87. The smallest absolute Gasteiger partial charge is 0.171 e. The Hall–Kier alpha value is -1.42. The van der Waals surface area contributed by atoms with Crippen LogP contribution in [0.2, 0.25) is 5.02 Å². The van der Waals surface area contributed by atoms with Gasteiger partial charge in [0.25, 0.3) is 0 Å². The number of rotatable bonds is 1. The predicted molar refractivity (Wildman–Crippen MR) is 43.4 cm³/mol. The first-order valence-corrected chi connectivity index (χ1v) is 3.64. The maximum absolute atomic E-state index is 10.4. The van der Waals surface area contributed by atoms with Crippen molar-refractivity contribution in [3.63, 3.8) is 0 Å². The summed E-state index contributed by atoms with van der Waals surface area (Å²) in [7, 11) is 0. The maximum Gasteiger partial charge on any atom is 0.171 e. The zero-order valence-corrected chi connectivity index (χ0v) is 6.69. The molecule has 0 amide bonds. The van der Waals surface area contributed by atoms with Gasteiger partial charge in [-0.05, 0) is 0 Å². The van der Waals surface area contributed by atoms with Gasteiger partial charge in [0.1, 0.15) is 11.2 Å². The van der Waals surface area contributed by atoms with Crippen molar-refractivity contribution in [3.8, 4) is 0 Å². The SMILES string of the molecule is O=Cc1nn2ccncc2c1Cl. The summed E-state index contributed by atoms with van der Waals surface area (Å²) in [6.45, 7) is 0. The summed E-state index contributed by atoms with van der Waals surface area (Å²) >= 11 is 5.80. The van der Waals surface area contributed by atoms with E-state index < -0.39 is 0 Å². The highest BCUT2D eigenvalue weighted by Crippen LogP contribution is 2.18. The number of fused-ring (bicyclic) bond motifs is 1. The summed E-state index contributed by atoms with van der Waals surface area (Å²) in [6.07, 6.45) is 5.39. The zero-order valence-electron chi connectivity index (χ0n) is 5.94. The van der Waals surface area contributed by atoms with Crippen LogP contribution in [-0.2, 0) is 0 Å². The fraction of sp³-hybridized carbons (Fsp3) is 0. The molecule has 4 nitrogen and oxygen atoms in total. The van der Waals surface area contributed by atoms with E-state index in [4.69, 9.17) is 11.6 Å². The predicted octanol–water partition coefficient (Wildman–Crippen LogP) is 1.20. The van der Waals surface area contributed by atoms with Gasteiger partial charge < -0.3 is 0 Å². The van der Waals surface area contributed by atoms with Crippen LogP contribution in [0.1, 0.15) is 10.5 Å². The van der Waals surface area contributed by atoms with Crippen molar-refractivity contribution in [3.05, 3.63) is 29.3 Å². The molecule has 2 heterocycles. The first-order valence-electron chi connectivity index (χ1n) is 3.26. The lowest BCUT2D eigenvalue weighted by Crippen LogP contribution is -1.86. The van der Waals surface area contributed by atoms with Gasteiger partial charge in [0.15, 0.2) is 6.29 Å². The molecule has 0 aliphatic heterocycles. The normalized spacial score (nSPS) is 10.4. The standard InChI is InChI=1S/C7H4ClN3O/c8-7-5(4-12)10-11-2-1-9-3-6(7)11/h1-4H. The van der Waals surface area contributed by atoms with Gasteiger partial charge >= 0.3 is 0 Å². The average molecular weight is 182 g/mol. The highest BCUT2D eigenvalue weighted by atomic mass is 35.5. The fourth-order valence-corrected chi connectivity index (χ4v) is 1.18. The Morgan fingerprint density at radius 1 is 1.58 bits per heavy atom. The molecule has 2 aromatic rings. The van der Waals surface area contributed by atoms with Crippen molar-refractivity contribution in [2.45, 2.75) is 0 Å². The molecule has 0 aliphatic carbocycles. The van der Waals surface area contributed by atoms with Crippen molar-refractivity contribution < 1.29 is 4.79 Å². The van der Waals surface area contributed by atoms with Gasteiger partial charge in [-0.25, -0.2) is 4.52 Å². The van der Waals surface area contributed by atoms with E-state index in [0.29, 0.717) is 16.8 Å². The van der Waals surface area contributed by atoms with Crippen molar-refractivity contribution in [1.29, 1.82) is 0 Å². The molecule has 2 rings (SSSR count). The molecule has 0 saturated carbocycles. The number of halogens is 1. The number of hydrogen-bond acceptors (Lipinski definition) is 3. The van der Waals surface area contributed by atoms with Crippen LogP contribution < -0.4 is 0 Å². The summed E-state index contributed by atoms with van der Waals surface area (Å²) in [5.74, 6) is 0. The largest absolute Gasteiger partial charge is 0.296 e. The van der Waals surface area contributed by atoms with Crippen LogP contribution in [0.5, 0.6) is 0 Å². The Kier molecular flexibility index (Phi) is 1.55. The minimum Gasteiger partial charge on any atom is -0.296 e. The van der Waals surface area contributed by atoms with E-state index in [1.54, 1.807) is 18.6 Å². The Morgan fingerprint density at radius 3 is 3.08 bits per heavy atom. The molecule has 0 aliphatic rings. The topological polar surface area (TPSA) is 47.3 Å². The number of aromatic nitrogens is 3. The summed E-state index contributed by atoms with van der Waals surface area (Å²) in [4.78, 5) is 14.3. The molecule has 60 valence electrons. The van der Waals surface area contributed by atoms with Gasteiger partial charge in [-0.3, -0.25) is 9.78 Å². The molecule has 0 fully saturated rings. The van der Waals surface area contributed by atoms with Gasteiger partial charge in [0.05, 0.1) is 11.2 Å². The van der Waals surface area contributed by atoms with Gasteiger partial charge in [-0.2, -0.15) is 5.10 Å². The van der Waals surface area contributed by atoms with Crippen molar-refractivity contribution in [2.24, 2.45) is 0 Å². The second-order valence-electron chi connectivity index (χ2n) is 2.22. The molecule has 0 aromatic carbocycles. The Balaban J connectivity index is 2.87. The molecule has 0 saturated heterocycles. The number of carbonyl (C=O) groups is 1. The molecule has 0 N–H and O–H groups in total. The van der Waals surface area contributed by atoms with Crippen molar-refractivity contribution in [1.82, 2.24) is 14.6 Å². The Bertz CT molecular complexity index is 437. The minimum atomic E-state index is 0.240. The lowest BCUT2D eigenvalue weighted by molar-refractivity contribution is 0.111. The van der Waals surface area contributed by atoms with Gasteiger partial charge in [0, 0.05) is 12.4 Å². The highest BCUT2D eigenvalue weighted by molar-refractivity contribution is 6.35. The third kappa shape index (κ3) is 0.887. The van der Waals surface area contributed by atoms with Crippen LogP contribution in [0.3, 0.4) is 0 Å². The fourth-order valence-electron chi connectivity index (χ4n) is 0.966. The van der Waals surface area contributed by atoms with Crippen LogP contribution in [0.25, 0.3) is 5.52 Å². The number of hydrogen-bond donors (Lipinski definition) is 0. The number of nitrogens with zero attached hydrogens (tertiary/aromatic N) is 3. The molecular formula is C7H4ClN3O.